The van der Waals surface area contributed by atoms with E-state index in [-0.39, 0.29) is 11.3 Å². The number of halogens is 1. The van der Waals surface area contributed by atoms with E-state index in [1.807, 2.05) is 0 Å². The maximum atomic E-state index is 8.85. The summed E-state index contributed by atoms with van der Waals surface area (Å²) in [6.45, 7) is 0. The first-order valence-electron chi connectivity index (χ1n) is 4.32. The highest BCUT2D eigenvalue weighted by Gasteiger charge is 2.08. The SMILES string of the molecule is N#CC(C#N)=C(C#N)Nc1cc(Cl)ccc1S. The van der Waals surface area contributed by atoms with Crippen molar-refractivity contribution >= 4 is 29.9 Å². The fraction of sp³-hybridized carbons (Fsp3) is 0. The molecule has 0 bridgehead atoms. The lowest BCUT2D eigenvalue weighted by atomic mass is 10.2. The van der Waals surface area contributed by atoms with Crippen LogP contribution in [0.4, 0.5) is 5.69 Å². The third-order valence-electron chi connectivity index (χ3n) is 1.80. The lowest BCUT2D eigenvalue weighted by Crippen LogP contribution is -2.01. The highest BCUT2D eigenvalue weighted by molar-refractivity contribution is 7.80. The molecule has 82 valence electrons. The second-order valence-corrected chi connectivity index (χ2v) is 3.79. The van der Waals surface area contributed by atoms with Gasteiger partial charge in [-0.15, -0.1) is 12.6 Å². The van der Waals surface area contributed by atoms with E-state index in [9.17, 15) is 0 Å². The van der Waals surface area contributed by atoms with E-state index in [0.717, 1.165) is 0 Å². The molecule has 1 aromatic rings. The molecule has 0 aromatic heterocycles. The molecule has 0 aliphatic carbocycles. The molecule has 6 heteroatoms. The summed E-state index contributed by atoms with van der Waals surface area (Å²) in [4.78, 5) is 0.553. The van der Waals surface area contributed by atoms with Gasteiger partial charge in [0.25, 0.3) is 0 Å². The Morgan fingerprint density at radius 2 is 1.82 bits per heavy atom. The highest BCUT2D eigenvalue weighted by Crippen LogP contribution is 2.25. The third kappa shape index (κ3) is 3.16. The molecule has 0 aliphatic rings. The van der Waals surface area contributed by atoms with Crippen molar-refractivity contribution < 1.29 is 0 Å². The van der Waals surface area contributed by atoms with Crippen LogP contribution in [0.2, 0.25) is 5.02 Å². The maximum Gasteiger partial charge on any atom is 0.163 e. The molecule has 0 radical (unpaired) electrons. The number of anilines is 1. The molecule has 0 saturated heterocycles. The van der Waals surface area contributed by atoms with E-state index in [2.05, 4.69) is 17.9 Å². The normalized spacial score (nSPS) is 8.41. The van der Waals surface area contributed by atoms with Crippen LogP contribution < -0.4 is 5.32 Å². The number of nitrogens with one attached hydrogen (secondary N) is 1. The van der Waals surface area contributed by atoms with Gasteiger partial charge in [-0.3, -0.25) is 0 Å². The van der Waals surface area contributed by atoms with Crippen LogP contribution in [-0.2, 0) is 0 Å². The molecule has 0 unspecified atom stereocenters. The van der Waals surface area contributed by atoms with Crippen LogP contribution in [0.25, 0.3) is 0 Å². The van der Waals surface area contributed by atoms with Crippen molar-refractivity contribution in [3.63, 3.8) is 0 Å². The summed E-state index contributed by atoms with van der Waals surface area (Å²) in [5, 5.41) is 29.3. The van der Waals surface area contributed by atoms with Crippen LogP contribution >= 0.6 is 24.2 Å². The molecule has 0 saturated carbocycles. The van der Waals surface area contributed by atoms with Gasteiger partial charge in [0.15, 0.2) is 5.57 Å². The number of benzene rings is 1. The number of rotatable bonds is 2. The summed E-state index contributed by atoms with van der Waals surface area (Å²) in [6, 6.07) is 9.84. The predicted octanol–water partition coefficient (Wildman–Crippen LogP) is 2.87. The average molecular weight is 261 g/mol. The van der Waals surface area contributed by atoms with E-state index in [4.69, 9.17) is 27.4 Å². The van der Waals surface area contributed by atoms with Gasteiger partial charge in [0.2, 0.25) is 0 Å². The monoisotopic (exact) mass is 260 g/mol. The van der Waals surface area contributed by atoms with Gasteiger partial charge in [-0.2, -0.15) is 15.8 Å². The number of nitrogens with zero attached hydrogens (tertiary/aromatic N) is 3. The van der Waals surface area contributed by atoms with Crippen LogP contribution in [0.1, 0.15) is 0 Å². The fourth-order valence-electron chi connectivity index (χ4n) is 1.03. The fourth-order valence-corrected chi connectivity index (χ4v) is 1.39. The average Bonchev–Trinajstić information content (AvgIpc) is 2.33. The third-order valence-corrected chi connectivity index (χ3v) is 2.43. The zero-order chi connectivity index (χ0) is 12.8. The number of hydrogen-bond acceptors (Lipinski definition) is 5. The van der Waals surface area contributed by atoms with Crippen LogP contribution in [0.3, 0.4) is 0 Å². The minimum absolute atomic E-state index is 0.132. The van der Waals surface area contributed by atoms with Crippen molar-refractivity contribution in [1.82, 2.24) is 0 Å². The minimum atomic E-state index is -0.291. The summed E-state index contributed by atoms with van der Waals surface area (Å²) in [5.74, 6) is 0. The van der Waals surface area contributed by atoms with Crippen LogP contribution in [0.5, 0.6) is 0 Å². The highest BCUT2D eigenvalue weighted by atomic mass is 35.5. The quantitative estimate of drug-likeness (QED) is 0.633. The lowest BCUT2D eigenvalue weighted by Gasteiger charge is -2.07. The summed E-state index contributed by atoms with van der Waals surface area (Å²) >= 11 is 9.95. The Morgan fingerprint density at radius 3 is 2.35 bits per heavy atom. The van der Waals surface area contributed by atoms with Gasteiger partial charge in [0.05, 0.1) is 5.69 Å². The molecule has 4 nitrogen and oxygen atoms in total. The van der Waals surface area contributed by atoms with Gasteiger partial charge in [-0.1, -0.05) is 11.6 Å². The van der Waals surface area contributed by atoms with Gasteiger partial charge < -0.3 is 5.32 Å². The largest absolute Gasteiger partial charge is 0.344 e. The Balaban J connectivity index is 3.20. The van der Waals surface area contributed by atoms with E-state index in [1.54, 1.807) is 36.4 Å². The van der Waals surface area contributed by atoms with Gasteiger partial charge in [0.1, 0.15) is 23.9 Å². The summed E-state index contributed by atoms with van der Waals surface area (Å²) in [7, 11) is 0. The van der Waals surface area contributed by atoms with Crippen molar-refractivity contribution in [2.45, 2.75) is 4.90 Å². The van der Waals surface area contributed by atoms with Crippen LogP contribution in [0, 0.1) is 34.0 Å². The predicted molar refractivity (Wildman–Crippen MR) is 66.2 cm³/mol. The van der Waals surface area contributed by atoms with E-state index in [0.29, 0.717) is 15.6 Å². The Labute approximate surface area is 109 Å². The molecule has 0 atom stereocenters. The number of thiol groups is 1. The maximum absolute atomic E-state index is 8.85. The van der Waals surface area contributed by atoms with Crippen molar-refractivity contribution in [3.8, 4) is 18.2 Å². The molecular formula is C11H5ClN4S. The molecule has 0 heterocycles. The Kier molecular flexibility index (Phi) is 4.43. The molecular weight excluding hydrogens is 256 g/mol. The second kappa shape index (κ2) is 5.82. The zero-order valence-electron chi connectivity index (χ0n) is 8.40. The smallest absolute Gasteiger partial charge is 0.163 e. The first-order valence-corrected chi connectivity index (χ1v) is 5.15. The topological polar surface area (TPSA) is 83.4 Å². The van der Waals surface area contributed by atoms with Gasteiger partial charge in [0, 0.05) is 9.92 Å². The summed E-state index contributed by atoms with van der Waals surface area (Å²) in [6.07, 6.45) is 0. The Morgan fingerprint density at radius 1 is 1.18 bits per heavy atom. The first kappa shape index (κ1) is 12.9. The van der Waals surface area contributed by atoms with Crippen molar-refractivity contribution in [2.75, 3.05) is 5.32 Å². The molecule has 0 amide bonds. The molecule has 1 aromatic carbocycles. The van der Waals surface area contributed by atoms with Gasteiger partial charge in [-0.25, -0.2) is 0 Å². The van der Waals surface area contributed by atoms with Crippen LogP contribution in [-0.4, -0.2) is 0 Å². The van der Waals surface area contributed by atoms with E-state index >= 15 is 0 Å². The molecule has 0 spiro atoms. The molecule has 0 fully saturated rings. The molecule has 0 aliphatic heterocycles. The molecule has 17 heavy (non-hydrogen) atoms. The number of hydrogen-bond donors (Lipinski definition) is 2. The number of nitriles is 3. The molecule has 1 N–H and O–H groups in total. The van der Waals surface area contributed by atoms with E-state index < -0.39 is 0 Å². The summed E-state index contributed by atoms with van der Waals surface area (Å²) in [5.41, 5.74) is 0.0353. The Bertz CT molecular complexity index is 585. The zero-order valence-corrected chi connectivity index (χ0v) is 10.0. The Hall–Kier alpha value is -2.13. The summed E-state index contributed by atoms with van der Waals surface area (Å²) < 4.78 is 0. The van der Waals surface area contributed by atoms with Crippen molar-refractivity contribution in [1.29, 1.82) is 15.8 Å². The van der Waals surface area contributed by atoms with Crippen molar-refractivity contribution in [3.05, 3.63) is 34.5 Å². The minimum Gasteiger partial charge on any atom is -0.344 e. The number of allylic oxidation sites excluding steroid dienone is 2. The van der Waals surface area contributed by atoms with Crippen molar-refractivity contribution in [2.24, 2.45) is 0 Å². The van der Waals surface area contributed by atoms with E-state index in [1.165, 1.54) is 0 Å². The van der Waals surface area contributed by atoms with Gasteiger partial charge in [-0.05, 0) is 18.2 Å². The molecule has 1 rings (SSSR count). The first-order chi connectivity index (χ1) is 8.12. The lowest BCUT2D eigenvalue weighted by molar-refractivity contribution is 1.34. The standard InChI is InChI=1S/C11H5ClN4S/c12-8-1-2-11(17)9(3-8)16-10(6-15)7(4-13)5-14/h1-3,16-17H. The van der Waals surface area contributed by atoms with Gasteiger partial charge >= 0.3 is 0 Å². The second-order valence-electron chi connectivity index (χ2n) is 2.87. The van der Waals surface area contributed by atoms with Crippen LogP contribution in [0.15, 0.2) is 34.4 Å².